The highest BCUT2D eigenvalue weighted by Crippen LogP contribution is 2.21. The summed E-state index contributed by atoms with van der Waals surface area (Å²) in [6.45, 7) is 2.24. The zero-order valence-electron chi connectivity index (χ0n) is 8.16. The first-order chi connectivity index (χ1) is 6.75. The molecule has 0 saturated carbocycles. The van der Waals surface area contributed by atoms with Crippen LogP contribution in [0.3, 0.4) is 0 Å². The molecule has 1 aromatic heterocycles. The number of thiazole rings is 1. The van der Waals surface area contributed by atoms with Crippen LogP contribution in [0.2, 0.25) is 0 Å². The first-order valence-electron chi connectivity index (χ1n) is 4.81. The smallest absolute Gasteiger partial charge is 0.183 e. The summed E-state index contributed by atoms with van der Waals surface area (Å²) in [5.74, 6) is 0. The number of anilines is 1. The molecule has 1 aromatic rings. The van der Waals surface area contributed by atoms with Gasteiger partial charge in [-0.15, -0.1) is 11.3 Å². The van der Waals surface area contributed by atoms with Crippen LogP contribution in [0.1, 0.15) is 12.8 Å². The quantitative estimate of drug-likeness (QED) is 0.919. The summed E-state index contributed by atoms with van der Waals surface area (Å²) in [7, 11) is 2.19. The van der Waals surface area contributed by atoms with E-state index in [1.165, 1.54) is 19.4 Å². The van der Waals surface area contributed by atoms with Crippen molar-refractivity contribution in [1.82, 2.24) is 9.88 Å². The highest BCUT2D eigenvalue weighted by molar-refractivity contribution is 9.10. The Hall–Kier alpha value is -0.130. The molecule has 1 saturated heterocycles. The largest absolute Gasteiger partial charge is 0.360 e. The lowest BCUT2D eigenvalue weighted by Gasteiger charge is -2.19. The summed E-state index contributed by atoms with van der Waals surface area (Å²) < 4.78 is 0.921. The number of nitrogens with one attached hydrogen (secondary N) is 1. The van der Waals surface area contributed by atoms with Gasteiger partial charge in [0.25, 0.3) is 0 Å². The third-order valence-corrected chi connectivity index (χ3v) is 4.15. The number of rotatable bonds is 3. The molecule has 14 heavy (non-hydrogen) atoms. The minimum absolute atomic E-state index is 0.678. The van der Waals surface area contributed by atoms with E-state index in [2.05, 4.69) is 38.2 Å². The van der Waals surface area contributed by atoms with Crippen LogP contribution in [0.15, 0.2) is 9.98 Å². The normalized spacial score (nSPS) is 22.9. The summed E-state index contributed by atoms with van der Waals surface area (Å²) in [4.78, 5) is 6.71. The van der Waals surface area contributed by atoms with Gasteiger partial charge in [-0.05, 0) is 42.4 Å². The fourth-order valence-corrected chi connectivity index (χ4v) is 2.93. The zero-order chi connectivity index (χ0) is 9.97. The number of likely N-dealkylation sites (tertiary alicyclic amines) is 1. The Balaban J connectivity index is 1.82. The minimum atomic E-state index is 0.678. The van der Waals surface area contributed by atoms with Crippen LogP contribution in [0.4, 0.5) is 5.13 Å². The SMILES string of the molecule is CN1CCCC1CNc1nc(Br)cs1. The van der Waals surface area contributed by atoms with Crippen molar-refractivity contribution in [1.29, 1.82) is 0 Å². The van der Waals surface area contributed by atoms with Crippen LogP contribution in [-0.2, 0) is 0 Å². The Morgan fingerprint density at radius 2 is 2.64 bits per heavy atom. The molecule has 0 aliphatic carbocycles. The van der Waals surface area contributed by atoms with Gasteiger partial charge in [-0.1, -0.05) is 0 Å². The van der Waals surface area contributed by atoms with Gasteiger partial charge in [-0.25, -0.2) is 4.98 Å². The van der Waals surface area contributed by atoms with Crippen LogP contribution in [0, 0.1) is 0 Å². The van der Waals surface area contributed by atoms with Gasteiger partial charge in [0.05, 0.1) is 0 Å². The zero-order valence-corrected chi connectivity index (χ0v) is 10.6. The first-order valence-corrected chi connectivity index (χ1v) is 6.48. The average Bonchev–Trinajstić information content (AvgIpc) is 2.72. The van der Waals surface area contributed by atoms with Gasteiger partial charge in [0.2, 0.25) is 0 Å². The van der Waals surface area contributed by atoms with Crippen molar-refractivity contribution in [2.45, 2.75) is 18.9 Å². The van der Waals surface area contributed by atoms with E-state index in [0.29, 0.717) is 6.04 Å². The van der Waals surface area contributed by atoms with E-state index in [-0.39, 0.29) is 0 Å². The lowest BCUT2D eigenvalue weighted by molar-refractivity contribution is 0.322. The third kappa shape index (κ3) is 2.46. The molecule has 0 amide bonds. The summed E-state index contributed by atoms with van der Waals surface area (Å²) in [5, 5.41) is 6.39. The molecule has 0 spiro atoms. The lowest BCUT2D eigenvalue weighted by atomic mass is 10.2. The molecule has 0 aromatic carbocycles. The molecule has 1 atom stereocenters. The maximum absolute atomic E-state index is 4.30. The Morgan fingerprint density at radius 3 is 3.21 bits per heavy atom. The second kappa shape index (κ2) is 4.59. The number of halogens is 1. The lowest BCUT2D eigenvalue weighted by Crippen LogP contribution is -2.31. The van der Waals surface area contributed by atoms with Gasteiger partial charge < -0.3 is 10.2 Å². The number of aromatic nitrogens is 1. The van der Waals surface area contributed by atoms with Crippen LogP contribution >= 0.6 is 27.3 Å². The fraction of sp³-hybridized carbons (Fsp3) is 0.667. The molecule has 2 rings (SSSR count). The van der Waals surface area contributed by atoms with E-state index in [1.807, 2.05) is 5.38 Å². The fourth-order valence-electron chi connectivity index (χ4n) is 1.78. The summed E-state index contributed by atoms with van der Waals surface area (Å²) in [6.07, 6.45) is 2.63. The van der Waals surface area contributed by atoms with E-state index in [4.69, 9.17) is 0 Å². The Kier molecular flexibility index (Phi) is 3.41. The van der Waals surface area contributed by atoms with Gasteiger partial charge in [-0.2, -0.15) is 0 Å². The molecule has 78 valence electrons. The van der Waals surface area contributed by atoms with Crippen LogP contribution < -0.4 is 5.32 Å². The topological polar surface area (TPSA) is 28.2 Å². The molecule has 1 fully saturated rings. The number of hydrogen-bond acceptors (Lipinski definition) is 4. The van der Waals surface area contributed by atoms with E-state index in [1.54, 1.807) is 11.3 Å². The predicted octanol–water partition coefficient (Wildman–Crippen LogP) is 2.41. The van der Waals surface area contributed by atoms with E-state index < -0.39 is 0 Å². The van der Waals surface area contributed by atoms with E-state index in [0.717, 1.165) is 16.3 Å². The first kappa shape index (κ1) is 10.4. The van der Waals surface area contributed by atoms with Gasteiger partial charge in [-0.3, -0.25) is 0 Å². The average molecular weight is 276 g/mol. The van der Waals surface area contributed by atoms with Crippen molar-refractivity contribution >= 4 is 32.4 Å². The summed E-state index contributed by atoms with van der Waals surface area (Å²) >= 11 is 4.99. The summed E-state index contributed by atoms with van der Waals surface area (Å²) in [5.41, 5.74) is 0. The monoisotopic (exact) mass is 275 g/mol. The minimum Gasteiger partial charge on any atom is -0.360 e. The van der Waals surface area contributed by atoms with Crippen molar-refractivity contribution in [3.05, 3.63) is 9.98 Å². The second-order valence-corrected chi connectivity index (χ2v) is 5.30. The van der Waals surface area contributed by atoms with Crippen LogP contribution in [0.5, 0.6) is 0 Å². The molecule has 5 heteroatoms. The maximum Gasteiger partial charge on any atom is 0.183 e. The molecule has 0 bridgehead atoms. The Morgan fingerprint density at radius 1 is 1.79 bits per heavy atom. The van der Waals surface area contributed by atoms with Crippen molar-refractivity contribution in [3.8, 4) is 0 Å². The van der Waals surface area contributed by atoms with Crippen molar-refractivity contribution in [2.24, 2.45) is 0 Å². The standard InChI is InChI=1S/C9H14BrN3S/c1-13-4-2-3-7(13)5-11-9-12-8(10)6-14-9/h6-7H,2-5H2,1H3,(H,11,12). The molecular formula is C9H14BrN3S. The highest BCUT2D eigenvalue weighted by Gasteiger charge is 2.20. The summed E-state index contributed by atoms with van der Waals surface area (Å²) in [6, 6.07) is 0.678. The Bertz CT molecular complexity index is 302. The molecule has 1 aliphatic heterocycles. The predicted molar refractivity (Wildman–Crippen MR) is 64.0 cm³/mol. The van der Waals surface area contributed by atoms with Crippen molar-refractivity contribution in [3.63, 3.8) is 0 Å². The molecule has 1 unspecified atom stereocenters. The van der Waals surface area contributed by atoms with E-state index >= 15 is 0 Å². The Labute approximate surface area is 96.7 Å². The molecule has 1 N–H and O–H groups in total. The number of likely N-dealkylation sites (N-methyl/N-ethyl adjacent to an activating group) is 1. The van der Waals surface area contributed by atoms with Gasteiger partial charge in [0.15, 0.2) is 5.13 Å². The molecule has 3 nitrogen and oxygen atoms in total. The second-order valence-electron chi connectivity index (χ2n) is 3.63. The molecular weight excluding hydrogens is 262 g/mol. The number of nitrogens with zero attached hydrogens (tertiary/aromatic N) is 2. The molecule has 1 aliphatic rings. The van der Waals surface area contributed by atoms with Crippen molar-refractivity contribution in [2.75, 3.05) is 25.5 Å². The molecule has 2 heterocycles. The maximum atomic E-state index is 4.30. The van der Waals surface area contributed by atoms with Gasteiger partial charge in [0.1, 0.15) is 4.60 Å². The van der Waals surface area contributed by atoms with E-state index in [9.17, 15) is 0 Å². The molecule has 0 radical (unpaired) electrons. The van der Waals surface area contributed by atoms with Gasteiger partial charge in [0, 0.05) is 18.0 Å². The third-order valence-electron chi connectivity index (χ3n) is 2.64. The van der Waals surface area contributed by atoms with Crippen molar-refractivity contribution < 1.29 is 0 Å². The van der Waals surface area contributed by atoms with Gasteiger partial charge >= 0.3 is 0 Å². The number of hydrogen-bond donors (Lipinski definition) is 1. The highest BCUT2D eigenvalue weighted by atomic mass is 79.9. The van der Waals surface area contributed by atoms with Crippen LogP contribution in [-0.4, -0.2) is 36.1 Å². The van der Waals surface area contributed by atoms with Crippen LogP contribution in [0.25, 0.3) is 0 Å².